The Bertz CT molecular complexity index is 527. The zero-order chi connectivity index (χ0) is 17.7. The number of nitrogens with zero attached hydrogens (tertiary/aromatic N) is 1. The number of nitrogens with one attached hydrogen (secondary N) is 1. The molecular formula is C19H30N2O3. The molecule has 0 saturated carbocycles. The van der Waals surface area contributed by atoms with E-state index >= 15 is 0 Å². The molecule has 1 heterocycles. The van der Waals surface area contributed by atoms with Crippen LogP contribution in [0.5, 0.6) is 5.75 Å². The Labute approximate surface area is 145 Å². The molecule has 2 atom stereocenters. The summed E-state index contributed by atoms with van der Waals surface area (Å²) in [6, 6.07) is 8.08. The molecule has 1 aromatic rings. The van der Waals surface area contributed by atoms with E-state index in [4.69, 9.17) is 9.47 Å². The number of hydrogen-bond donors (Lipinski definition) is 1. The number of urea groups is 1. The van der Waals surface area contributed by atoms with Crippen molar-refractivity contribution < 1.29 is 14.3 Å². The number of morpholine rings is 1. The largest absolute Gasteiger partial charge is 0.492 e. The Morgan fingerprint density at radius 2 is 1.79 bits per heavy atom. The number of benzene rings is 1. The van der Waals surface area contributed by atoms with E-state index in [0.717, 1.165) is 5.75 Å². The molecule has 0 radical (unpaired) electrons. The molecule has 1 aliphatic heterocycles. The molecule has 5 nitrogen and oxygen atoms in total. The summed E-state index contributed by atoms with van der Waals surface area (Å²) >= 11 is 0. The van der Waals surface area contributed by atoms with Crippen LogP contribution in [0.2, 0.25) is 0 Å². The molecule has 134 valence electrons. The smallest absolute Gasteiger partial charge is 0.317 e. The van der Waals surface area contributed by atoms with E-state index in [1.54, 1.807) is 4.90 Å². The lowest BCUT2D eigenvalue weighted by Crippen LogP contribution is -2.52. The van der Waals surface area contributed by atoms with Crippen LogP contribution in [0.4, 0.5) is 4.79 Å². The summed E-state index contributed by atoms with van der Waals surface area (Å²) in [6.45, 7) is 12.7. The first-order valence-corrected chi connectivity index (χ1v) is 8.67. The van der Waals surface area contributed by atoms with Gasteiger partial charge in [0.25, 0.3) is 0 Å². The number of ether oxygens (including phenoxy) is 2. The fourth-order valence-corrected chi connectivity index (χ4v) is 2.83. The fourth-order valence-electron chi connectivity index (χ4n) is 2.83. The molecular weight excluding hydrogens is 304 g/mol. The Kier molecular flexibility index (Phi) is 6.10. The summed E-state index contributed by atoms with van der Waals surface area (Å²) in [4.78, 5) is 14.0. The average Bonchev–Trinajstić information content (AvgIpc) is 2.50. The number of amides is 2. The van der Waals surface area contributed by atoms with Gasteiger partial charge in [-0.25, -0.2) is 4.79 Å². The van der Waals surface area contributed by atoms with Crippen molar-refractivity contribution in [2.24, 2.45) is 0 Å². The van der Waals surface area contributed by atoms with Crippen LogP contribution in [0, 0.1) is 0 Å². The molecule has 5 heteroatoms. The molecule has 0 aliphatic carbocycles. The highest BCUT2D eigenvalue weighted by atomic mass is 16.5. The molecule has 2 unspecified atom stereocenters. The lowest BCUT2D eigenvalue weighted by atomic mass is 9.87. The van der Waals surface area contributed by atoms with Crippen LogP contribution in [0.25, 0.3) is 0 Å². The molecule has 1 aromatic carbocycles. The van der Waals surface area contributed by atoms with Crippen molar-refractivity contribution in [2.45, 2.75) is 52.2 Å². The lowest BCUT2D eigenvalue weighted by Gasteiger charge is -2.35. The number of rotatable bonds is 4. The van der Waals surface area contributed by atoms with Crippen LogP contribution >= 0.6 is 0 Å². The van der Waals surface area contributed by atoms with Crippen LogP contribution in [0.1, 0.15) is 40.2 Å². The first-order valence-electron chi connectivity index (χ1n) is 8.67. The molecule has 1 saturated heterocycles. The van der Waals surface area contributed by atoms with Crippen molar-refractivity contribution in [1.82, 2.24) is 10.2 Å². The van der Waals surface area contributed by atoms with Gasteiger partial charge in [0, 0.05) is 13.1 Å². The maximum atomic E-state index is 12.2. The molecule has 2 amide bonds. The first kappa shape index (κ1) is 18.6. The van der Waals surface area contributed by atoms with E-state index < -0.39 is 0 Å². The van der Waals surface area contributed by atoms with E-state index in [1.165, 1.54) is 5.56 Å². The average molecular weight is 334 g/mol. The molecule has 24 heavy (non-hydrogen) atoms. The second-order valence-corrected chi connectivity index (χ2v) is 7.52. The van der Waals surface area contributed by atoms with Crippen molar-refractivity contribution in [1.29, 1.82) is 0 Å². The summed E-state index contributed by atoms with van der Waals surface area (Å²) in [5.41, 5.74) is 1.41. The normalized spacial score (nSPS) is 21.5. The summed E-state index contributed by atoms with van der Waals surface area (Å²) < 4.78 is 11.3. The minimum absolute atomic E-state index is 0.0521. The van der Waals surface area contributed by atoms with Gasteiger partial charge in [-0.15, -0.1) is 0 Å². The summed E-state index contributed by atoms with van der Waals surface area (Å²) in [5.74, 6) is 0.825. The van der Waals surface area contributed by atoms with Gasteiger partial charge in [-0.2, -0.15) is 0 Å². The Morgan fingerprint density at radius 3 is 2.33 bits per heavy atom. The first-order chi connectivity index (χ1) is 11.3. The molecule has 0 spiro atoms. The molecule has 0 aromatic heterocycles. The Balaban J connectivity index is 1.72. The quantitative estimate of drug-likeness (QED) is 0.861. The van der Waals surface area contributed by atoms with E-state index in [0.29, 0.717) is 26.2 Å². The van der Waals surface area contributed by atoms with Crippen molar-refractivity contribution in [3.05, 3.63) is 29.8 Å². The lowest BCUT2D eigenvalue weighted by molar-refractivity contribution is -0.0545. The van der Waals surface area contributed by atoms with Gasteiger partial charge in [0.15, 0.2) is 0 Å². The predicted molar refractivity (Wildman–Crippen MR) is 95.6 cm³/mol. The van der Waals surface area contributed by atoms with Gasteiger partial charge in [0.1, 0.15) is 12.4 Å². The molecule has 1 N–H and O–H groups in total. The molecule has 0 bridgehead atoms. The van der Waals surface area contributed by atoms with Crippen molar-refractivity contribution in [3.8, 4) is 5.75 Å². The van der Waals surface area contributed by atoms with Crippen LogP contribution in [-0.4, -0.2) is 49.4 Å². The van der Waals surface area contributed by atoms with Crippen LogP contribution in [0.3, 0.4) is 0 Å². The highest BCUT2D eigenvalue weighted by Crippen LogP contribution is 2.24. The number of carbonyl (C=O) groups is 1. The standard InChI is InChI=1S/C19H30N2O3/c1-14-12-21(13-15(2)24-14)18(22)20-10-11-23-17-8-6-16(7-9-17)19(3,4)5/h6-9,14-15H,10-13H2,1-5H3,(H,20,22). The van der Waals surface area contributed by atoms with Crippen LogP contribution in [0.15, 0.2) is 24.3 Å². The van der Waals surface area contributed by atoms with Gasteiger partial charge in [0.05, 0.1) is 18.8 Å². The van der Waals surface area contributed by atoms with Gasteiger partial charge in [-0.3, -0.25) is 0 Å². The van der Waals surface area contributed by atoms with Crippen molar-refractivity contribution in [3.63, 3.8) is 0 Å². The van der Waals surface area contributed by atoms with E-state index in [-0.39, 0.29) is 23.7 Å². The SMILES string of the molecule is CC1CN(C(=O)NCCOc2ccc(C(C)(C)C)cc2)CC(C)O1. The third kappa shape index (κ3) is 5.41. The second kappa shape index (κ2) is 7.88. The monoisotopic (exact) mass is 334 g/mol. The Morgan fingerprint density at radius 1 is 1.21 bits per heavy atom. The van der Waals surface area contributed by atoms with Gasteiger partial charge < -0.3 is 19.7 Å². The van der Waals surface area contributed by atoms with Crippen molar-refractivity contribution in [2.75, 3.05) is 26.2 Å². The summed E-state index contributed by atoms with van der Waals surface area (Å²) in [6.07, 6.45) is 0.161. The maximum Gasteiger partial charge on any atom is 0.317 e. The summed E-state index contributed by atoms with van der Waals surface area (Å²) in [7, 11) is 0. The molecule has 1 fully saturated rings. The highest BCUT2D eigenvalue weighted by Gasteiger charge is 2.25. The second-order valence-electron chi connectivity index (χ2n) is 7.52. The third-order valence-electron chi connectivity index (χ3n) is 4.07. The fraction of sp³-hybridized carbons (Fsp3) is 0.632. The minimum Gasteiger partial charge on any atom is -0.492 e. The number of carbonyl (C=O) groups excluding carboxylic acids is 1. The van der Waals surface area contributed by atoms with Crippen LogP contribution < -0.4 is 10.1 Å². The van der Waals surface area contributed by atoms with Gasteiger partial charge in [-0.05, 0) is 37.0 Å². The maximum absolute atomic E-state index is 12.2. The molecule has 2 rings (SSSR count). The predicted octanol–water partition coefficient (Wildman–Crippen LogP) is 3.18. The molecule has 1 aliphatic rings. The van der Waals surface area contributed by atoms with E-state index in [9.17, 15) is 4.79 Å². The highest BCUT2D eigenvalue weighted by molar-refractivity contribution is 5.74. The van der Waals surface area contributed by atoms with Crippen molar-refractivity contribution >= 4 is 6.03 Å². The summed E-state index contributed by atoms with van der Waals surface area (Å²) in [5, 5.41) is 2.91. The van der Waals surface area contributed by atoms with Crippen LogP contribution in [-0.2, 0) is 10.2 Å². The van der Waals surface area contributed by atoms with E-state index in [2.05, 4.69) is 38.2 Å². The Hall–Kier alpha value is -1.75. The number of hydrogen-bond acceptors (Lipinski definition) is 3. The zero-order valence-corrected chi connectivity index (χ0v) is 15.5. The third-order valence-corrected chi connectivity index (χ3v) is 4.07. The topological polar surface area (TPSA) is 50.8 Å². The zero-order valence-electron chi connectivity index (χ0n) is 15.5. The van der Waals surface area contributed by atoms with Gasteiger partial charge in [-0.1, -0.05) is 32.9 Å². The van der Waals surface area contributed by atoms with Gasteiger partial charge >= 0.3 is 6.03 Å². The van der Waals surface area contributed by atoms with E-state index in [1.807, 2.05) is 26.0 Å². The minimum atomic E-state index is -0.0521. The van der Waals surface area contributed by atoms with Gasteiger partial charge in [0.2, 0.25) is 0 Å².